The van der Waals surface area contributed by atoms with Crippen molar-refractivity contribution in [1.82, 2.24) is 0 Å². The maximum Gasteiger partial charge on any atom is 0.114 e. The van der Waals surface area contributed by atoms with E-state index in [1.165, 1.54) is 10.8 Å². The first kappa shape index (κ1) is 14.4. The normalized spacial score (nSPS) is 23.6. The van der Waals surface area contributed by atoms with Gasteiger partial charge in [0.15, 0.2) is 0 Å². The van der Waals surface area contributed by atoms with Crippen LogP contribution in [0.2, 0.25) is 19.6 Å². The number of aliphatic imine (C=N–C) groups is 1. The zero-order chi connectivity index (χ0) is 13.1. The molecule has 1 unspecified atom stereocenters. The molecular weight excluding hydrogens is 226 g/mol. The van der Waals surface area contributed by atoms with Gasteiger partial charge in [-0.15, -0.1) is 0 Å². The lowest BCUT2D eigenvalue weighted by Crippen LogP contribution is -2.32. The predicted octanol–water partition coefficient (Wildman–Crippen LogP) is 3.35. The fraction of sp³-hybridized carbons (Fsp3) is 0.643. The highest BCUT2D eigenvalue weighted by atomic mass is 28.3. The van der Waals surface area contributed by atoms with Gasteiger partial charge in [-0.3, -0.25) is 4.99 Å². The maximum absolute atomic E-state index is 9.99. The van der Waals surface area contributed by atoms with E-state index in [0.29, 0.717) is 0 Å². The summed E-state index contributed by atoms with van der Waals surface area (Å²) in [7, 11) is -1.34. The lowest BCUT2D eigenvalue weighted by atomic mass is 10.0. The summed E-state index contributed by atoms with van der Waals surface area (Å²) >= 11 is 0. The number of hydrogen-bond acceptors (Lipinski definition) is 2. The molecule has 0 amide bonds. The first-order valence-electron chi connectivity index (χ1n) is 6.50. The van der Waals surface area contributed by atoms with Gasteiger partial charge in [0.1, 0.15) is 6.10 Å². The molecule has 0 aliphatic heterocycles. The van der Waals surface area contributed by atoms with E-state index < -0.39 is 14.2 Å². The van der Waals surface area contributed by atoms with Crippen molar-refractivity contribution in [3.05, 3.63) is 22.9 Å². The van der Waals surface area contributed by atoms with Crippen LogP contribution in [0.5, 0.6) is 0 Å². The first-order chi connectivity index (χ1) is 7.88. The molecule has 3 heteroatoms. The van der Waals surface area contributed by atoms with E-state index in [4.69, 9.17) is 0 Å². The lowest BCUT2D eigenvalue weighted by Gasteiger charge is -2.27. The second-order valence-corrected chi connectivity index (χ2v) is 10.8. The van der Waals surface area contributed by atoms with Crippen molar-refractivity contribution in [3.63, 3.8) is 0 Å². The van der Waals surface area contributed by atoms with Crippen LogP contribution in [0, 0.1) is 0 Å². The van der Waals surface area contributed by atoms with Crippen LogP contribution < -0.4 is 0 Å². The minimum atomic E-state index is -1.34. The Bertz CT molecular complexity index is 361. The molecule has 0 bridgehead atoms. The van der Waals surface area contributed by atoms with Gasteiger partial charge in [-0.1, -0.05) is 50.3 Å². The number of hydrogen-bond donors (Lipinski definition) is 1. The van der Waals surface area contributed by atoms with Crippen LogP contribution in [-0.4, -0.2) is 31.5 Å². The van der Waals surface area contributed by atoms with Gasteiger partial charge in [-0.25, -0.2) is 0 Å². The zero-order valence-electron chi connectivity index (χ0n) is 11.7. The molecule has 1 atom stereocenters. The summed E-state index contributed by atoms with van der Waals surface area (Å²) in [6, 6.07) is 0. The largest absolute Gasteiger partial charge is 0.383 e. The third kappa shape index (κ3) is 3.65. The van der Waals surface area contributed by atoms with Crippen molar-refractivity contribution in [2.75, 3.05) is 6.54 Å². The van der Waals surface area contributed by atoms with Gasteiger partial charge in [0.2, 0.25) is 0 Å². The monoisotopic (exact) mass is 251 g/mol. The Hall–Kier alpha value is -0.673. The van der Waals surface area contributed by atoms with Gasteiger partial charge >= 0.3 is 0 Å². The van der Waals surface area contributed by atoms with E-state index >= 15 is 0 Å². The van der Waals surface area contributed by atoms with Crippen LogP contribution in [0.1, 0.15) is 26.7 Å². The highest BCUT2D eigenvalue weighted by Crippen LogP contribution is 2.25. The summed E-state index contributed by atoms with van der Waals surface area (Å²) in [4.78, 5) is 4.58. The highest BCUT2D eigenvalue weighted by Gasteiger charge is 2.26. The highest BCUT2D eigenvalue weighted by molar-refractivity contribution is 6.84. The lowest BCUT2D eigenvalue weighted by molar-refractivity contribution is 0.288. The molecule has 0 saturated heterocycles. The molecule has 2 nitrogen and oxygen atoms in total. The molecule has 1 rings (SSSR count). The molecule has 0 spiro atoms. The van der Waals surface area contributed by atoms with Gasteiger partial charge < -0.3 is 5.11 Å². The van der Waals surface area contributed by atoms with E-state index in [1.807, 2.05) is 6.08 Å². The van der Waals surface area contributed by atoms with Crippen molar-refractivity contribution in [2.24, 2.45) is 4.99 Å². The smallest absolute Gasteiger partial charge is 0.114 e. The minimum Gasteiger partial charge on any atom is -0.383 e. The zero-order valence-corrected chi connectivity index (χ0v) is 12.7. The molecule has 96 valence electrons. The molecule has 0 heterocycles. The number of aliphatic hydroxyl groups is 1. The van der Waals surface area contributed by atoms with Crippen LogP contribution >= 0.6 is 0 Å². The van der Waals surface area contributed by atoms with Crippen molar-refractivity contribution in [2.45, 2.75) is 52.4 Å². The number of allylic oxidation sites excluding steroid dienone is 2. The number of nitrogens with zero attached hydrogens (tertiary/aromatic N) is 1. The van der Waals surface area contributed by atoms with Gasteiger partial charge in [-0.05, 0) is 18.9 Å². The van der Waals surface area contributed by atoms with Crippen LogP contribution in [0.4, 0.5) is 0 Å². The molecule has 1 aliphatic rings. The molecule has 0 aromatic rings. The molecule has 17 heavy (non-hydrogen) atoms. The van der Waals surface area contributed by atoms with E-state index in [0.717, 1.165) is 25.1 Å². The van der Waals surface area contributed by atoms with Crippen LogP contribution in [0.15, 0.2) is 27.9 Å². The third-order valence-corrected chi connectivity index (χ3v) is 5.27. The number of rotatable bonds is 4. The van der Waals surface area contributed by atoms with Crippen LogP contribution in [-0.2, 0) is 0 Å². The molecular formula is C14H25NOSi. The molecule has 1 N–H and O–H groups in total. The topological polar surface area (TPSA) is 32.6 Å². The summed E-state index contributed by atoms with van der Waals surface area (Å²) in [6.07, 6.45) is 5.71. The standard InChI is InChI=1S/C14H25NOSi/c1-6-7-10-15-14-11(2)13(17(3,4)5)9-8-12(14)16/h8-9,12,16H,6-7,10H2,1-5H3. The van der Waals surface area contributed by atoms with Crippen LogP contribution in [0.25, 0.3) is 0 Å². The number of aliphatic hydroxyl groups excluding tert-OH is 1. The first-order valence-corrected chi connectivity index (χ1v) is 10.00. The fourth-order valence-electron chi connectivity index (χ4n) is 2.15. The third-order valence-electron chi connectivity index (χ3n) is 3.12. The van der Waals surface area contributed by atoms with Crippen molar-refractivity contribution in [1.29, 1.82) is 0 Å². The molecule has 0 aromatic heterocycles. The Morgan fingerprint density at radius 3 is 2.53 bits per heavy atom. The predicted molar refractivity (Wildman–Crippen MR) is 78.4 cm³/mol. The Labute approximate surface area is 106 Å². The molecule has 1 aliphatic carbocycles. The Morgan fingerprint density at radius 2 is 2.00 bits per heavy atom. The van der Waals surface area contributed by atoms with Gasteiger partial charge in [0, 0.05) is 6.54 Å². The maximum atomic E-state index is 9.99. The summed E-state index contributed by atoms with van der Waals surface area (Å²) in [5.74, 6) is 0. The average Bonchev–Trinajstić information content (AvgIpc) is 2.21. The Kier molecular flexibility index (Phi) is 4.89. The van der Waals surface area contributed by atoms with E-state index in [9.17, 15) is 5.11 Å². The quantitative estimate of drug-likeness (QED) is 0.603. The summed E-state index contributed by atoms with van der Waals surface area (Å²) in [5, 5.41) is 11.4. The number of unbranched alkanes of at least 4 members (excludes halogenated alkanes) is 1. The minimum absolute atomic E-state index is 0.507. The molecule has 0 fully saturated rings. The second-order valence-electron chi connectivity index (χ2n) is 5.71. The van der Waals surface area contributed by atoms with Crippen molar-refractivity contribution < 1.29 is 5.11 Å². The molecule has 0 aromatic carbocycles. The van der Waals surface area contributed by atoms with E-state index in [-0.39, 0.29) is 0 Å². The SMILES string of the molecule is CCCCN=C1C(C)=C([Si](C)(C)C)C=CC1O. The Balaban J connectivity index is 3.01. The van der Waals surface area contributed by atoms with E-state index in [2.05, 4.69) is 44.6 Å². The van der Waals surface area contributed by atoms with Gasteiger partial charge in [0.25, 0.3) is 0 Å². The second kappa shape index (κ2) is 5.78. The Morgan fingerprint density at radius 1 is 1.35 bits per heavy atom. The van der Waals surface area contributed by atoms with E-state index in [1.54, 1.807) is 0 Å². The average molecular weight is 251 g/mol. The summed E-state index contributed by atoms with van der Waals surface area (Å²) < 4.78 is 0. The summed E-state index contributed by atoms with van der Waals surface area (Å²) in [5.41, 5.74) is 2.09. The van der Waals surface area contributed by atoms with Crippen LogP contribution in [0.3, 0.4) is 0 Å². The molecule has 0 radical (unpaired) electrons. The fourth-order valence-corrected chi connectivity index (χ4v) is 3.99. The van der Waals surface area contributed by atoms with Gasteiger partial charge in [-0.2, -0.15) is 0 Å². The van der Waals surface area contributed by atoms with Crippen molar-refractivity contribution >= 4 is 13.8 Å². The van der Waals surface area contributed by atoms with Crippen molar-refractivity contribution in [3.8, 4) is 0 Å². The van der Waals surface area contributed by atoms with Gasteiger partial charge in [0.05, 0.1) is 13.8 Å². The summed E-state index contributed by atoms with van der Waals surface area (Å²) in [6.45, 7) is 12.1. The molecule has 0 saturated carbocycles.